The van der Waals surface area contributed by atoms with E-state index in [0.717, 1.165) is 12.3 Å². The van der Waals surface area contributed by atoms with Crippen LogP contribution in [-0.4, -0.2) is 17.3 Å². The van der Waals surface area contributed by atoms with Crippen LogP contribution in [0.1, 0.15) is 37.8 Å². The van der Waals surface area contributed by atoms with Gasteiger partial charge in [-0.2, -0.15) is 0 Å². The summed E-state index contributed by atoms with van der Waals surface area (Å²) >= 11 is 1.84. The predicted molar refractivity (Wildman–Crippen MR) is 65.2 cm³/mol. The second kappa shape index (κ2) is 5.52. The molecule has 0 spiro atoms. The van der Waals surface area contributed by atoms with Crippen LogP contribution in [-0.2, 0) is 0 Å². The molecule has 1 aromatic rings. The molecular formula is C12H18N2S. The first-order valence-corrected chi connectivity index (χ1v) is 6.71. The van der Waals surface area contributed by atoms with Crippen LogP contribution in [0.25, 0.3) is 0 Å². The lowest BCUT2D eigenvalue weighted by Gasteiger charge is -2.25. The van der Waals surface area contributed by atoms with Gasteiger partial charge in [-0.05, 0) is 31.2 Å². The van der Waals surface area contributed by atoms with Crippen molar-refractivity contribution < 1.29 is 0 Å². The Balaban J connectivity index is 2.17. The lowest BCUT2D eigenvalue weighted by atomic mass is 9.99. The van der Waals surface area contributed by atoms with Crippen molar-refractivity contribution in [1.29, 1.82) is 0 Å². The van der Waals surface area contributed by atoms with Crippen molar-refractivity contribution in [3.63, 3.8) is 0 Å². The molecule has 82 valence electrons. The van der Waals surface area contributed by atoms with Crippen molar-refractivity contribution in [2.24, 2.45) is 0 Å². The third kappa shape index (κ3) is 2.73. The first kappa shape index (κ1) is 11.0. The minimum Gasteiger partial charge on any atom is -0.310 e. The summed E-state index contributed by atoms with van der Waals surface area (Å²) in [7, 11) is 0. The molecule has 1 atom stereocenters. The second-order valence-electron chi connectivity index (χ2n) is 3.83. The number of piperidine rings is 1. The highest BCUT2D eigenvalue weighted by atomic mass is 32.2. The van der Waals surface area contributed by atoms with Crippen molar-refractivity contribution in [2.45, 2.75) is 37.3 Å². The molecule has 0 aliphatic carbocycles. The van der Waals surface area contributed by atoms with E-state index in [2.05, 4.69) is 23.3 Å². The summed E-state index contributed by atoms with van der Waals surface area (Å²) in [5.41, 5.74) is 1.39. The molecule has 3 heteroatoms. The monoisotopic (exact) mass is 222 g/mol. The van der Waals surface area contributed by atoms with Crippen LogP contribution in [0.3, 0.4) is 0 Å². The predicted octanol–water partition coefficient (Wildman–Crippen LogP) is 3.01. The van der Waals surface area contributed by atoms with Crippen molar-refractivity contribution >= 4 is 11.8 Å². The van der Waals surface area contributed by atoms with E-state index in [1.165, 1.54) is 29.9 Å². The van der Waals surface area contributed by atoms with Gasteiger partial charge in [-0.15, -0.1) is 11.8 Å². The molecule has 0 amide bonds. The van der Waals surface area contributed by atoms with E-state index in [1.54, 1.807) is 0 Å². The zero-order chi connectivity index (χ0) is 10.5. The van der Waals surface area contributed by atoms with Gasteiger partial charge in [0.25, 0.3) is 0 Å². The quantitative estimate of drug-likeness (QED) is 0.796. The molecule has 1 N–H and O–H groups in total. The molecule has 0 bridgehead atoms. The lowest BCUT2D eigenvalue weighted by Crippen LogP contribution is -2.27. The van der Waals surface area contributed by atoms with E-state index in [-0.39, 0.29) is 0 Å². The molecule has 1 unspecified atom stereocenters. The smallest absolute Gasteiger partial charge is 0.101 e. The number of hydrogen-bond donors (Lipinski definition) is 1. The normalized spacial score (nSPS) is 21.5. The molecule has 2 nitrogen and oxygen atoms in total. The van der Waals surface area contributed by atoms with E-state index in [4.69, 9.17) is 0 Å². The zero-order valence-corrected chi connectivity index (χ0v) is 10.0. The van der Waals surface area contributed by atoms with Gasteiger partial charge in [-0.25, -0.2) is 4.98 Å². The summed E-state index contributed by atoms with van der Waals surface area (Å²) in [5, 5.41) is 4.79. The van der Waals surface area contributed by atoms with Gasteiger partial charge >= 0.3 is 0 Å². The summed E-state index contributed by atoms with van der Waals surface area (Å²) in [5.74, 6) is 1.09. The third-order valence-electron chi connectivity index (χ3n) is 2.77. The van der Waals surface area contributed by atoms with Gasteiger partial charge < -0.3 is 5.32 Å². The molecule has 1 aromatic heterocycles. The minimum atomic E-state index is 0.529. The maximum Gasteiger partial charge on any atom is 0.101 e. The van der Waals surface area contributed by atoms with Crippen molar-refractivity contribution in [3.05, 3.63) is 23.9 Å². The molecule has 15 heavy (non-hydrogen) atoms. The Bertz CT molecular complexity index is 308. The number of rotatable bonds is 3. The summed E-state index contributed by atoms with van der Waals surface area (Å²) in [4.78, 5) is 4.47. The van der Waals surface area contributed by atoms with Crippen LogP contribution >= 0.6 is 11.8 Å². The third-order valence-corrected chi connectivity index (χ3v) is 3.67. The maximum atomic E-state index is 4.47. The van der Waals surface area contributed by atoms with Gasteiger partial charge in [0.1, 0.15) is 5.03 Å². The van der Waals surface area contributed by atoms with Crippen LogP contribution in [0.15, 0.2) is 23.4 Å². The Morgan fingerprint density at radius 1 is 1.53 bits per heavy atom. The molecule has 0 saturated carbocycles. The fraction of sp³-hybridized carbons (Fsp3) is 0.583. The summed E-state index contributed by atoms with van der Waals surface area (Å²) < 4.78 is 0. The van der Waals surface area contributed by atoms with Gasteiger partial charge in [0.2, 0.25) is 0 Å². The number of nitrogens with zero attached hydrogens (tertiary/aromatic N) is 1. The summed E-state index contributed by atoms with van der Waals surface area (Å²) in [6, 6.07) is 4.79. The topological polar surface area (TPSA) is 24.9 Å². The maximum absolute atomic E-state index is 4.47. The SMILES string of the molecule is CCSc1ncccc1C1CCCCN1. The molecule has 1 aliphatic heterocycles. The summed E-state index contributed by atoms with van der Waals surface area (Å²) in [6.07, 6.45) is 5.79. The van der Waals surface area contributed by atoms with Crippen LogP contribution in [0.5, 0.6) is 0 Å². The average molecular weight is 222 g/mol. The number of pyridine rings is 1. The number of thioether (sulfide) groups is 1. The number of hydrogen-bond acceptors (Lipinski definition) is 3. The van der Waals surface area contributed by atoms with Gasteiger partial charge in [0.15, 0.2) is 0 Å². The fourth-order valence-corrected chi connectivity index (χ4v) is 2.83. The summed E-state index contributed by atoms with van der Waals surface area (Å²) in [6.45, 7) is 3.33. The van der Waals surface area contributed by atoms with Crippen LogP contribution in [0, 0.1) is 0 Å². The van der Waals surface area contributed by atoms with Gasteiger partial charge in [-0.3, -0.25) is 0 Å². The first-order valence-electron chi connectivity index (χ1n) is 5.73. The van der Waals surface area contributed by atoms with Gasteiger partial charge in [0, 0.05) is 17.8 Å². The van der Waals surface area contributed by atoms with Crippen LogP contribution in [0.2, 0.25) is 0 Å². The second-order valence-corrected chi connectivity index (χ2v) is 5.09. The van der Waals surface area contributed by atoms with Gasteiger partial charge in [0.05, 0.1) is 0 Å². The number of aromatic nitrogens is 1. The molecule has 0 radical (unpaired) electrons. The van der Waals surface area contributed by atoms with Crippen molar-refractivity contribution in [2.75, 3.05) is 12.3 Å². The van der Waals surface area contributed by atoms with Crippen molar-refractivity contribution in [3.8, 4) is 0 Å². The van der Waals surface area contributed by atoms with E-state index in [9.17, 15) is 0 Å². The molecule has 1 fully saturated rings. The lowest BCUT2D eigenvalue weighted by molar-refractivity contribution is 0.406. The number of nitrogens with one attached hydrogen (secondary N) is 1. The van der Waals surface area contributed by atoms with E-state index in [0.29, 0.717) is 6.04 Å². The van der Waals surface area contributed by atoms with Gasteiger partial charge in [-0.1, -0.05) is 19.4 Å². The minimum absolute atomic E-state index is 0.529. The van der Waals surface area contributed by atoms with E-state index < -0.39 is 0 Å². The molecule has 1 saturated heterocycles. The fourth-order valence-electron chi connectivity index (χ4n) is 2.04. The molecule has 0 aromatic carbocycles. The Labute approximate surface area is 95.9 Å². The highest BCUT2D eigenvalue weighted by Crippen LogP contribution is 2.29. The molecule has 2 heterocycles. The largest absolute Gasteiger partial charge is 0.310 e. The molecule has 2 rings (SSSR count). The van der Waals surface area contributed by atoms with E-state index in [1.807, 2.05) is 24.0 Å². The van der Waals surface area contributed by atoms with Crippen LogP contribution in [0.4, 0.5) is 0 Å². The van der Waals surface area contributed by atoms with Crippen molar-refractivity contribution in [1.82, 2.24) is 10.3 Å². The first-order chi connectivity index (χ1) is 7.42. The molecular weight excluding hydrogens is 204 g/mol. The highest BCUT2D eigenvalue weighted by molar-refractivity contribution is 7.99. The van der Waals surface area contributed by atoms with Crippen LogP contribution < -0.4 is 5.32 Å². The van der Waals surface area contributed by atoms with E-state index >= 15 is 0 Å². The Morgan fingerprint density at radius 3 is 3.20 bits per heavy atom. The molecule has 1 aliphatic rings. The zero-order valence-electron chi connectivity index (χ0n) is 9.20. The Morgan fingerprint density at radius 2 is 2.47 bits per heavy atom. The average Bonchev–Trinajstić information content (AvgIpc) is 2.31. The Kier molecular flexibility index (Phi) is 4.03. The standard InChI is InChI=1S/C12H18N2S/c1-2-15-12-10(6-5-9-14-12)11-7-3-4-8-13-11/h5-6,9,11,13H,2-4,7-8H2,1H3. The highest BCUT2D eigenvalue weighted by Gasteiger charge is 2.17. The Hall–Kier alpha value is -0.540.